The molecule has 0 radical (unpaired) electrons. The highest BCUT2D eigenvalue weighted by Gasteiger charge is 2.38. The molecule has 4 N–H and O–H groups in total. The van der Waals surface area contributed by atoms with Gasteiger partial charge in [-0.05, 0) is 33.1 Å². The molecule has 0 aromatic rings. The fourth-order valence-electron chi connectivity index (χ4n) is 2.42. The van der Waals surface area contributed by atoms with Gasteiger partial charge in [0.1, 0.15) is 18.1 Å². The van der Waals surface area contributed by atoms with Crippen LogP contribution in [0.15, 0.2) is 0 Å². The fourth-order valence-corrected chi connectivity index (χ4v) is 2.42. The van der Waals surface area contributed by atoms with Crippen molar-refractivity contribution in [3.63, 3.8) is 0 Å². The standard InChI is InChI=1S/C14H26N2O6/c1-8-5-10(17)16(12(8)20)7-9(6-11(18)19)15-13(21)22-14(2,3)4/h8-10,12,17,20H,5-7H2,1-4H3,(H,15,21)(H,18,19)/t8-,9-,10-,12-/m0/s1. The predicted molar refractivity (Wildman–Crippen MR) is 77.9 cm³/mol. The van der Waals surface area contributed by atoms with E-state index < -0.39 is 36.2 Å². The third-order valence-electron chi connectivity index (χ3n) is 3.39. The van der Waals surface area contributed by atoms with E-state index in [1.165, 1.54) is 4.90 Å². The molecule has 4 atom stereocenters. The summed E-state index contributed by atoms with van der Waals surface area (Å²) in [5.41, 5.74) is -0.695. The van der Waals surface area contributed by atoms with Crippen LogP contribution in [-0.2, 0) is 9.53 Å². The van der Waals surface area contributed by atoms with Gasteiger partial charge in [-0.3, -0.25) is 9.69 Å². The number of carboxylic acids is 1. The van der Waals surface area contributed by atoms with Crippen molar-refractivity contribution < 1.29 is 29.6 Å². The zero-order chi connectivity index (χ0) is 17.1. The minimum Gasteiger partial charge on any atom is -0.481 e. The van der Waals surface area contributed by atoms with Crippen molar-refractivity contribution in [3.8, 4) is 0 Å². The minimum absolute atomic E-state index is 0.0260. The fraction of sp³-hybridized carbons (Fsp3) is 0.857. The molecule has 0 saturated carbocycles. The minimum atomic E-state index is -1.09. The maximum Gasteiger partial charge on any atom is 0.407 e. The first-order valence-corrected chi connectivity index (χ1v) is 7.33. The number of carbonyl (C=O) groups is 2. The van der Waals surface area contributed by atoms with Crippen LogP contribution < -0.4 is 5.32 Å². The predicted octanol–water partition coefficient (Wildman–Crippen LogP) is 0.333. The molecule has 0 aromatic carbocycles. The van der Waals surface area contributed by atoms with E-state index in [4.69, 9.17) is 9.84 Å². The van der Waals surface area contributed by atoms with Gasteiger partial charge >= 0.3 is 12.1 Å². The highest BCUT2D eigenvalue weighted by Crippen LogP contribution is 2.26. The second-order valence-electron chi connectivity index (χ2n) is 6.75. The monoisotopic (exact) mass is 318 g/mol. The molecule has 0 aromatic heterocycles. The largest absolute Gasteiger partial charge is 0.481 e. The number of aliphatic carboxylic acids is 1. The Morgan fingerprint density at radius 2 is 1.95 bits per heavy atom. The van der Waals surface area contributed by atoms with Gasteiger partial charge in [-0.2, -0.15) is 0 Å². The van der Waals surface area contributed by atoms with Crippen LogP contribution in [0.2, 0.25) is 0 Å². The number of aliphatic hydroxyl groups excluding tert-OH is 2. The molecular formula is C14H26N2O6. The summed E-state index contributed by atoms with van der Waals surface area (Å²) < 4.78 is 5.10. The lowest BCUT2D eigenvalue weighted by atomic mass is 10.1. The van der Waals surface area contributed by atoms with E-state index in [0.717, 1.165) is 0 Å². The Labute approximate surface area is 130 Å². The van der Waals surface area contributed by atoms with Crippen molar-refractivity contribution >= 4 is 12.1 Å². The second kappa shape index (κ2) is 7.26. The Morgan fingerprint density at radius 1 is 1.36 bits per heavy atom. The molecule has 0 bridgehead atoms. The topological polar surface area (TPSA) is 119 Å². The Hall–Kier alpha value is -1.38. The lowest BCUT2D eigenvalue weighted by molar-refractivity contribution is -0.138. The van der Waals surface area contributed by atoms with Gasteiger partial charge in [0.2, 0.25) is 0 Å². The summed E-state index contributed by atoms with van der Waals surface area (Å²) in [5, 5.41) is 31.3. The normalized spacial score (nSPS) is 27.5. The van der Waals surface area contributed by atoms with Crippen LogP contribution in [0.1, 0.15) is 40.5 Å². The van der Waals surface area contributed by atoms with Gasteiger partial charge < -0.3 is 25.4 Å². The number of alkyl carbamates (subject to hydrolysis) is 1. The van der Waals surface area contributed by atoms with Gasteiger partial charge in [0.25, 0.3) is 0 Å². The van der Waals surface area contributed by atoms with Crippen molar-refractivity contribution in [1.29, 1.82) is 0 Å². The van der Waals surface area contributed by atoms with Crippen molar-refractivity contribution in [2.45, 2.75) is 64.6 Å². The van der Waals surface area contributed by atoms with E-state index in [1.54, 1.807) is 27.7 Å². The number of hydrogen-bond acceptors (Lipinski definition) is 6. The Bertz CT molecular complexity index is 409. The summed E-state index contributed by atoms with van der Waals surface area (Å²) in [6, 6.07) is -0.776. The molecule has 1 aliphatic heterocycles. The molecule has 0 unspecified atom stereocenters. The summed E-state index contributed by atoms with van der Waals surface area (Å²) in [6.07, 6.45) is -2.39. The van der Waals surface area contributed by atoms with Crippen LogP contribution >= 0.6 is 0 Å². The Morgan fingerprint density at radius 3 is 2.36 bits per heavy atom. The molecule has 1 aliphatic rings. The van der Waals surface area contributed by atoms with E-state index >= 15 is 0 Å². The number of hydrogen-bond donors (Lipinski definition) is 4. The zero-order valence-corrected chi connectivity index (χ0v) is 13.4. The second-order valence-corrected chi connectivity index (χ2v) is 6.75. The molecule has 1 amide bonds. The third kappa shape index (κ3) is 5.78. The van der Waals surface area contributed by atoms with Crippen molar-refractivity contribution in [2.75, 3.05) is 6.54 Å². The van der Waals surface area contributed by atoms with E-state index in [1.807, 2.05) is 0 Å². The number of nitrogens with one attached hydrogen (secondary N) is 1. The quantitative estimate of drug-likeness (QED) is 0.577. The van der Waals surface area contributed by atoms with Crippen molar-refractivity contribution in [3.05, 3.63) is 0 Å². The highest BCUT2D eigenvalue weighted by atomic mass is 16.6. The third-order valence-corrected chi connectivity index (χ3v) is 3.39. The first kappa shape index (κ1) is 18.7. The first-order valence-electron chi connectivity index (χ1n) is 7.33. The summed E-state index contributed by atoms with van der Waals surface area (Å²) in [7, 11) is 0. The van der Waals surface area contributed by atoms with Crippen LogP contribution in [0.3, 0.4) is 0 Å². The number of carbonyl (C=O) groups excluding carboxylic acids is 1. The van der Waals surface area contributed by atoms with Gasteiger partial charge in [0.05, 0.1) is 12.5 Å². The maximum absolute atomic E-state index is 11.8. The molecule has 1 heterocycles. The number of nitrogens with zero attached hydrogens (tertiary/aromatic N) is 1. The number of rotatable bonds is 5. The SMILES string of the molecule is C[C@H]1C[C@H](O)N(C[C@H](CC(=O)O)NC(=O)OC(C)(C)C)[C@H]1O. The van der Waals surface area contributed by atoms with Crippen LogP contribution in [0.25, 0.3) is 0 Å². The Kier molecular flexibility index (Phi) is 6.16. The maximum atomic E-state index is 11.8. The summed E-state index contributed by atoms with van der Waals surface area (Å²) >= 11 is 0. The highest BCUT2D eigenvalue weighted by molar-refractivity contribution is 5.71. The molecule has 1 fully saturated rings. The van der Waals surface area contributed by atoms with Crippen LogP contribution in [0, 0.1) is 5.92 Å². The molecule has 8 heteroatoms. The van der Waals surface area contributed by atoms with E-state index in [9.17, 15) is 19.8 Å². The van der Waals surface area contributed by atoms with Gasteiger partial charge in [0, 0.05) is 6.54 Å². The molecule has 8 nitrogen and oxygen atoms in total. The Balaban J connectivity index is 2.68. The number of carboxylic acid groups (broad SMARTS) is 1. The average Bonchev–Trinajstić information content (AvgIpc) is 2.52. The van der Waals surface area contributed by atoms with Gasteiger partial charge in [-0.1, -0.05) is 6.92 Å². The number of likely N-dealkylation sites (tertiary alicyclic amines) is 1. The number of aliphatic hydroxyl groups is 2. The van der Waals surface area contributed by atoms with Gasteiger partial charge in [-0.15, -0.1) is 0 Å². The van der Waals surface area contributed by atoms with Crippen LogP contribution in [0.4, 0.5) is 4.79 Å². The number of ether oxygens (including phenoxy) is 1. The van der Waals surface area contributed by atoms with Crippen molar-refractivity contribution in [1.82, 2.24) is 10.2 Å². The summed E-state index contributed by atoms with van der Waals surface area (Å²) in [6.45, 7) is 6.93. The number of amides is 1. The van der Waals surface area contributed by atoms with E-state index in [2.05, 4.69) is 5.32 Å². The molecule has 0 spiro atoms. The van der Waals surface area contributed by atoms with Gasteiger partial charge in [0.15, 0.2) is 0 Å². The van der Waals surface area contributed by atoms with E-state index in [-0.39, 0.29) is 18.9 Å². The molecule has 22 heavy (non-hydrogen) atoms. The van der Waals surface area contributed by atoms with Crippen LogP contribution in [0.5, 0.6) is 0 Å². The lowest BCUT2D eigenvalue weighted by Crippen LogP contribution is -2.50. The van der Waals surface area contributed by atoms with Crippen molar-refractivity contribution in [2.24, 2.45) is 5.92 Å². The van der Waals surface area contributed by atoms with Gasteiger partial charge in [-0.25, -0.2) is 4.79 Å². The summed E-state index contributed by atoms with van der Waals surface area (Å²) in [4.78, 5) is 24.1. The van der Waals surface area contributed by atoms with E-state index in [0.29, 0.717) is 6.42 Å². The molecule has 1 rings (SSSR count). The molecular weight excluding hydrogens is 292 g/mol. The summed E-state index contributed by atoms with van der Waals surface area (Å²) in [5.74, 6) is -1.21. The molecule has 128 valence electrons. The molecule has 0 aliphatic carbocycles. The first-order chi connectivity index (χ1) is 9.99. The smallest absolute Gasteiger partial charge is 0.407 e. The average molecular weight is 318 g/mol. The molecule has 1 saturated heterocycles. The van der Waals surface area contributed by atoms with Crippen LogP contribution in [-0.4, -0.2) is 62.9 Å². The lowest BCUT2D eigenvalue weighted by Gasteiger charge is -2.29. The zero-order valence-electron chi connectivity index (χ0n) is 13.4.